The molecule has 0 aliphatic carbocycles. The average molecular weight is 746 g/mol. The van der Waals surface area contributed by atoms with E-state index >= 15 is 0 Å². The second-order valence-corrected chi connectivity index (χ2v) is 13.0. The first-order chi connectivity index (χ1) is 23.0. The normalized spacial score (nSPS) is 15.8. The van der Waals surface area contributed by atoms with Crippen molar-refractivity contribution in [2.45, 2.75) is 50.0 Å². The Balaban J connectivity index is 1.31. The summed E-state index contributed by atoms with van der Waals surface area (Å²) in [5, 5.41) is 38.5. The Hall–Kier alpha value is -4.15. The first-order valence-electron chi connectivity index (χ1n) is 15.1. The number of phenols is 1. The third-order valence-corrected chi connectivity index (χ3v) is 9.22. The highest BCUT2D eigenvalue weighted by Gasteiger charge is 2.39. The van der Waals surface area contributed by atoms with Crippen LogP contribution in [0.4, 0.5) is 4.79 Å². The number of aromatic hydroxyl groups is 1. The van der Waals surface area contributed by atoms with E-state index in [-0.39, 0.29) is 43.1 Å². The van der Waals surface area contributed by atoms with Gasteiger partial charge in [-0.2, -0.15) is 0 Å². The van der Waals surface area contributed by atoms with Crippen LogP contribution in [0.15, 0.2) is 71.2 Å². The first kappa shape index (κ1) is 36.7. The van der Waals surface area contributed by atoms with Crippen molar-refractivity contribution in [1.29, 1.82) is 0 Å². The number of methoxy groups -OCH3 is 1. The number of nitrogens with zero attached hydrogens (tertiary/aromatic N) is 1. The molecule has 48 heavy (non-hydrogen) atoms. The number of hydroxylamine groups is 2. The maximum Gasteiger partial charge on any atom is 0.408 e. The van der Waals surface area contributed by atoms with Gasteiger partial charge in [-0.05, 0) is 54.2 Å². The van der Waals surface area contributed by atoms with E-state index in [1.165, 1.54) is 13.2 Å². The molecule has 0 saturated carbocycles. The number of halogens is 1. The van der Waals surface area contributed by atoms with Gasteiger partial charge < -0.3 is 40.4 Å². The van der Waals surface area contributed by atoms with Gasteiger partial charge in [-0.25, -0.2) is 14.4 Å². The zero-order valence-electron chi connectivity index (χ0n) is 26.0. The summed E-state index contributed by atoms with van der Waals surface area (Å²) in [6, 6.07) is 17.7. The van der Waals surface area contributed by atoms with Gasteiger partial charge in [0.25, 0.3) is 0 Å². The highest BCUT2D eigenvalue weighted by atomic mass is 79.9. The van der Waals surface area contributed by atoms with Gasteiger partial charge in [0.15, 0.2) is 0 Å². The number of ether oxygens (including phenoxy) is 3. The van der Waals surface area contributed by atoms with E-state index < -0.39 is 39.4 Å². The summed E-state index contributed by atoms with van der Waals surface area (Å²) in [6.07, 6.45) is 1.01. The van der Waals surface area contributed by atoms with Crippen molar-refractivity contribution < 1.29 is 42.7 Å². The summed E-state index contributed by atoms with van der Waals surface area (Å²) in [6.45, 7) is 0.598. The van der Waals surface area contributed by atoms with Crippen molar-refractivity contribution in [3.8, 4) is 11.5 Å². The number of alkyl carbamates (subject to hydrolysis) is 1. The molecule has 0 radical (unpaired) electrons. The largest absolute Gasteiger partial charge is 0.612 e. The van der Waals surface area contributed by atoms with Crippen molar-refractivity contribution in [3.63, 3.8) is 0 Å². The molecule has 3 N–H and O–H groups in total. The lowest BCUT2D eigenvalue weighted by molar-refractivity contribution is -0.593. The number of benzene rings is 3. The molecule has 3 aromatic carbocycles. The van der Waals surface area contributed by atoms with E-state index in [4.69, 9.17) is 14.2 Å². The quantitative estimate of drug-likeness (QED) is 0.0580. The summed E-state index contributed by atoms with van der Waals surface area (Å²) in [5.41, 5.74) is 2.01. The van der Waals surface area contributed by atoms with E-state index in [9.17, 15) is 34.7 Å². The number of unbranched alkanes of at least 4 members (excludes halogenated alkanes) is 2. The molecule has 1 unspecified atom stereocenters. The van der Waals surface area contributed by atoms with Crippen LogP contribution in [0.3, 0.4) is 0 Å². The molecular formula is C33H35BrN3O10S-. The number of hydrogen-bond acceptors (Lipinski definition) is 11. The fourth-order valence-electron chi connectivity index (χ4n) is 4.88. The molecule has 1 aliphatic rings. The van der Waals surface area contributed by atoms with Crippen LogP contribution in [0, 0.1) is 10.4 Å². The Labute approximate surface area is 289 Å². The van der Waals surface area contributed by atoms with Gasteiger partial charge in [0.1, 0.15) is 29.7 Å². The third kappa shape index (κ3) is 10.2. The molecule has 0 spiro atoms. The Morgan fingerprint density at radius 3 is 2.50 bits per heavy atom. The van der Waals surface area contributed by atoms with Crippen molar-refractivity contribution in [2.24, 2.45) is 0 Å². The predicted molar refractivity (Wildman–Crippen MR) is 180 cm³/mol. The van der Waals surface area contributed by atoms with Gasteiger partial charge in [-0.15, -0.1) is 0 Å². The van der Waals surface area contributed by atoms with Crippen LogP contribution < -0.4 is 15.4 Å². The van der Waals surface area contributed by atoms with Crippen molar-refractivity contribution in [3.05, 3.63) is 104 Å². The number of rotatable bonds is 15. The van der Waals surface area contributed by atoms with Crippen LogP contribution in [-0.2, 0) is 32.1 Å². The maximum atomic E-state index is 13.3. The number of quaternary nitrogens is 1. The topological polar surface area (TPSA) is 186 Å². The Kier molecular flexibility index (Phi) is 13.2. The molecule has 1 fully saturated rings. The zero-order valence-corrected chi connectivity index (χ0v) is 28.4. The molecule has 15 heteroatoms. The van der Waals surface area contributed by atoms with E-state index in [1.807, 2.05) is 30.3 Å². The predicted octanol–water partition coefficient (Wildman–Crippen LogP) is 5.58. The number of hydrogen-bond donors (Lipinski definition) is 3. The maximum absolute atomic E-state index is 13.3. The lowest BCUT2D eigenvalue weighted by Gasteiger charge is -2.36. The van der Waals surface area contributed by atoms with Crippen LogP contribution in [-0.4, -0.2) is 59.5 Å². The molecular weight excluding hydrogens is 710 g/mol. The zero-order chi connectivity index (χ0) is 34.7. The summed E-state index contributed by atoms with van der Waals surface area (Å²) in [4.78, 5) is 49.7. The van der Waals surface area contributed by atoms with Gasteiger partial charge in [0, 0.05) is 17.4 Å². The molecule has 0 aromatic heterocycles. The molecule has 3 aromatic rings. The number of carbonyl (C=O) groups is 4. The fourth-order valence-corrected chi connectivity index (χ4v) is 6.80. The van der Waals surface area contributed by atoms with Crippen molar-refractivity contribution >= 4 is 51.8 Å². The van der Waals surface area contributed by atoms with E-state index in [0.29, 0.717) is 53.4 Å². The lowest BCUT2D eigenvalue weighted by Crippen LogP contribution is -2.48. The third-order valence-electron chi connectivity index (χ3n) is 7.38. The molecule has 1 aliphatic heterocycles. The number of phenolic OH excluding ortho intramolecular Hbond substituents is 1. The van der Waals surface area contributed by atoms with Crippen LogP contribution in [0.25, 0.3) is 0 Å². The van der Waals surface area contributed by atoms with E-state index in [0.717, 1.165) is 5.56 Å². The van der Waals surface area contributed by atoms with Gasteiger partial charge in [0.2, 0.25) is 5.91 Å². The standard InChI is InChI=1S/C33H35BrN3O10S/c1-45-32(41)30-26(38)11-8-12-27(30)46-16-7-3-6-15-35-31(40)25(36-33(42)47-20-21-9-4-2-5-10-21)18-22-13-14-23(24(34)17-22)28-19-29(39)37(43,44)48-28/h2,4-5,8-14,17,25,28,38H,3,6-7,15-16,18-20H2,1H3,(H,35,40)(H,36,42)/q-1/t25-,28?/m0/s1. The summed E-state index contributed by atoms with van der Waals surface area (Å²) in [5.74, 6) is -2.12. The van der Waals surface area contributed by atoms with Crippen LogP contribution in [0.1, 0.15) is 58.0 Å². The number of nitrogens with one attached hydrogen (secondary N) is 2. The second kappa shape index (κ2) is 17.3. The molecule has 3 amide bonds. The average Bonchev–Trinajstić information content (AvgIpc) is 3.34. The van der Waals surface area contributed by atoms with Gasteiger partial charge in [0.05, 0.1) is 37.3 Å². The van der Waals surface area contributed by atoms with E-state index in [2.05, 4.69) is 26.6 Å². The van der Waals surface area contributed by atoms with Crippen LogP contribution in [0.2, 0.25) is 0 Å². The minimum atomic E-state index is -2.24. The van der Waals surface area contributed by atoms with Gasteiger partial charge in [-0.1, -0.05) is 64.5 Å². The highest BCUT2D eigenvalue weighted by molar-refractivity contribution is 9.10. The summed E-state index contributed by atoms with van der Waals surface area (Å²) in [7, 11) is 1.21. The number of carbonyl (C=O) groups excluding carboxylic acids is 4. The molecule has 4 rings (SSSR count). The number of esters is 1. The highest BCUT2D eigenvalue weighted by Crippen LogP contribution is 2.48. The molecule has 256 valence electrons. The van der Waals surface area contributed by atoms with Gasteiger partial charge in [-0.3, -0.25) is 9.01 Å². The molecule has 2 atom stereocenters. The minimum absolute atomic E-state index is 0.0181. The van der Waals surface area contributed by atoms with Crippen LogP contribution in [0.5, 0.6) is 11.5 Å². The second-order valence-electron chi connectivity index (χ2n) is 10.9. The SMILES string of the molecule is COC(=O)c1c(O)cccc1OCCCCCNC(=O)[C@H](Cc1ccc(C2CC(=O)[N+]([O-])([O-])S2)c(Br)c1)NC(=O)OCc1ccccc1. The van der Waals surface area contributed by atoms with Gasteiger partial charge >= 0.3 is 18.0 Å². The van der Waals surface area contributed by atoms with Crippen molar-refractivity contribution in [2.75, 3.05) is 20.3 Å². The fraction of sp³-hybridized carbons (Fsp3) is 0.333. The van der Waals surface area contributed by atoms with Crippen molar-refractivity contribution in [1.82, 2.24) is 10.6 Å². The summed E-state index contributed by atoms with van der Waals surface area (Å²) >= 11 is 3.92. The van der Waals surface area contributed by atoms with Crippen LogP contribution >= 0.6 is 27.9 Å². The minimum Gasteiger partial charge on any atom is -0.612 e. The Morgan fingerprint density at radius 2 is 1.81 bits per heavy atom. The van der Waals surface area contributed by atoms with E-state index in [1.54, 1.807) is 30.3 Å². The Bertz CT molecular complexity index is 1610. The molecule has 0 bridgehead atoms. The first-order valence-corrected chi connectivity index (χ1v) is 16.7. The smallest absolute Gasteiger partial charge is 0.408 e. The molecule has 1 heterocycles. The monoisotopic (exact) mass is 744 g/mol. The number of amides is 3. The molecule has 13 nitrogen and oxygen atoms in total. The summed E-state index contributed by atoms with van der Waals surface area (Å²) < 4.78 is 14.0. The molecule has 1 saturated heterocycles. The Morgan fingerprint density at radius 1 is 1.04 bits per heavy atom. The lowest BCUT2D eigenvalue weighted by atomic mass is 10.0.